The van der Waals surface area contributed by atoms with E-state index >= 15 is 0 Å². The topological polar surface area (TPSA) is 17.8 Å². The van der Waals surface area contributed by atoms with Crippen molar-refractivity contribution in [3.8, 4) is 0 Å². The first kappa shape index (κ1) is 11.9. The van der Waals surface area contributed by atoms with Crippen LogP contribution in [0.2, 0.25) is 0 Å². The number of fused-ring (bicyclic) bond motifs is 1. The normalized spacial score (nSPS) is 18.0. The Bertz CT molecular complexity index is 617. The lowest BCUT2D eigenvalue weighted by Crippen LogP contribution is -2.38. The van der Waals surface area contributed by atoms with Gasteiger partial charge in [-0.05, 0) is 32.3 Å². The molecule has 0 radical (unpaired) electrons. The lowest BCUT2D eigenvalue weighted by Gasteiger charge is -2.41. The van der Waals surface area contributed by atoms with Gasteiger partial charge in [0.1, 0.15) is 17.2 Å². The highest BCUT2D eigenvalue weighted by atomic mass is 35.5. The van der Waals surface area contributed by atoms with Crippen molar-refractivity contribution in [3.05, 3.63) is 29.6 Å². The van der Waals surface area contributed by atoms with E-state index in [0.29, 0.717) is 11.3 Å². The number of nitrogens with zero attached hydrogens (tertiary/aromatic N) is 2. The molecule has 0 saturated heterocycles. The average molecular weight is 271 g/mol. The Labute approximate surface area is 109 Å². The van der Waals surface area contributed by atoms with Gasteiger partial charge < -0.3 is 4.57 Å². The van der Waals surface area contributed by atoms with Gasteiger partial charge >= 0.3 is 0 Å². The Morgan fingerprint density at radius 2 is 2.11 bits per heavy atom. The van der Waals surface area contributed by atoms with E-state index in [9.17, 15) is 8.78 Å². The van der Waals surface area contributed by atoms with E-state index in [1.807, 2.05) is 4.57 Å². The van der Waals surface area contributed by atoms with Gasteiger partial charge in [-0.1, -0.05) is 0 Å². The number of aromatic nitrogens is 2. The molecule has 2 nitrogen and oxygen atoms in total. The van der Waals surface area contributed by atoms with Crippen molar-refractivity contribution >= 4 is 22.6 Å². The minimum Gasteiger partial charge on any atom is -0.321 e. The van der Waals surface area contributed by atoms with E-state index in [1.165, 1.54) is 6.07 Å². The Kier molecular flexibility index (Phi) is 2.59. The number of rotatable bonds is 2. The summed E-state index contributed by atoms with van der Waals surface area (Å²) >= 11 is 5.88. The molecule has 1 aliphatic rings. The fourth-order valence-corrected chi connectivity index (χ4v) is 2.93. The average Bonchev–Trinajstić information content (AvgIpc) is 2.65. The van der Waals surface area contributed by atoms with Gasteiger partial charge in [0.15, 0.2) is 5.82 Å². The SMILES string of the molecule is CC1(n2c(CCl)nc3c(F)cc(F)cc32)CCC1. The third kappa shape index (κ3) is 1.55. The molecule has 1 fully saturated rings. The maximum atomic E-state index is 13.7. The molecule has 1 aliphatic carbocycles. The zero-order valence-corrected chi connectivity index (χ0v) is 10.8. The molecule has 0 atom stereocenters. The van der Waals surface area contributed by atoms with Crippen LogP contribution in [0, 0.1) is 11.6 Å². The summed E-state index contributed by atoms with van der Waals surface area (Å²) in [5.74, 6) is -0.396. The quantitative estimate of drug-likeness (QED) is 0.756. The first-order chi connectivity index (χ1) is 8.55. The van der Waals surface area contributed by atoms with E-state index in [1.54, 1.807) is 0 Å². The van der Waals surface area contributed by atoms with E-state index < -0.39 is 11.6 Å². The second kappa shape index (κ2) is 3.92. The zero-order chi connectivity index (χ0) is 12.9. The van der Waals surface area contributed by atoms with E-state index in [2.05, 4.69) is 11.9 Å². The summed E-state index contributed by atoms with van der Waals surface area (Å²) < 4.78 is 29.0. The molecule has 18 heavy (non-hydrogen) atoms. The first-order valence-corrected chi connectivity index (χ1v) is 6.51. The van der Waals surface area contributed by atoms with Crippen LogP contribution in [0.3, 0.4) is 0 Å². The summed E-state index contributed by atoms with van der Waals surface area (Å²) in [6.45, 7) is 2.08. The number of alkyl halides is 1. The number of imidazole rings is 1. The molecule has 1 heterocycles. The lowest BCUT2D eigenvalue weighted by molar-refractivity contribution is 0.170. The van der Waals surface area contributed by atoms with Crippen molar-refractivity contribution in [2.75, 3.05) is 0 Å². The number of halogens is 3. The largest absolute Gasteiger partial charge is 0.321 e. The van der Waals surface area contributed by atoms with Crippen LogP contribution in [-0.4, -0.2) is 9.55 Å². The number of benzene rings is 1. The smallest absolute Gasteiger partial charge is 0.153 e. The second-order valence-electron chi connectivity index (χ2n) is 5.10. The molecule has 0 bridgehead atoms. The minimum absolute atomic E-state index is 0.112. The van der Waals surface area contributed by atoms with Crippen molar-refractivity contribution < 1.29 is 8.78 Å². The summed E-state index contributed by atoms with van der Waals surface area (Å²) in [5.41, 5.74) is 0.602. The molecular weight excluding hydrogens is 258 g/mol. The van der Waals surface area contributed by atoms with E-state index in [-0.39, 0.29) is 16.9 Å². The Hall–Kier alpha value is -1.16. The fraction of sp³-hybridized carbons (Fsp3) is 0.462. The molecule has 3 rings (SSSR count). The maximum Gasteiger partial charge on any atom is 0.153 e. The van der Waals surface area contributed by atoms with Gasteiger partial charge in [0.05, 0.1) is 11.4 Å². The second-order valence-corrected chi connectivity index (χ2v) is 5.37. The Morgan fingerprint density at radius 3 is 2.67 bits per heavy atom. The zero-order valence-electron chi connectivity index (χ0n) is 10.0. The van der Waals surface area contributed by atoms with Crippen molar-refractivity contribution in [1.29, 1.82) is 0 Å². The highest BCUT2D eigenvalue weighted by molar-refractivity contribution is 6.16. The third-order valence-electron chi connectivity index (χ3n) is 3.84. The van der Waals surface area contributed by atoms with Crippen LogP contribution in [0.1, 0.15) is 32.0 Å². The van der Waals surface area contributed by atoms with Gasteiger partial charge in [0, 0.05) is 11.6 Å². The van der Waals surface area contributed by atoms with Gasteiger partial charge in [0.25, 0.3) is 0 Å². The van der Waals surface area contributed by atoms with Gasteiger partial charge in [-0.3, -0.25) is 0 Å². The molecule has 0 N–H and O–H groups in total. The van der Waals surface area contributed by atoms with Crippen molar-refractivity contribution in [3.63, 3.8) is 0 Å². The summed E-state index contributed by atoms with van der Waals surface area (Å²) in [6, 6.07) is 2.20. The van der Waals surface area contributed by atoms with Crippen LogP contribution in [0.15, 0.2) is 12.1 Å². The Balaban J connectivity index is 2.33. The molecule has 0 spiro atoms. The molecule has 1 aromatic carbocycles. The van der Waals surface area contributed by atoms with Gasteiger partial charge in [0.2, 0.25) is 0 Å². The summed E-state index contributed by atoms with van der Waals surface area (Å²) in [7, 11) is 0. The molecule has 0 unspecified atom stereocenters. The molecule has 1 aromatic heterocycles. The van der Waals surface area contributed by atoms with Crippen LogP contribution in [0.4, 0.5) is 8.78 Å². The van der Waals surface area contributed by atoms with Crippen molar-refractivity contribution in [2.24, 2.45) is 0 Å². The molecule has 1 saturated carbocycles. The van der Waals surface area contributed by atoms with Crippen LogP contribution >= 0.6 is 11.6 Å². The highest BCUT2D eigenvalue weighted by Crippen LogP contribution is 2.42. The predicted octanol–water partition coefficient (Wildman–Crippen LogP) is 3.95. The predicted molar refractivity (Wildman–Crippen MR) is 66.7 cm³/mol. The fourth-order valence-electron chi connectivity index (χ4n) is 2.76. The monoisotopic (exact) mass is 270 g/mol. The maximum absolute atomic E-state index is 13.7. The lowest BCUT2D eigenvalue weighted by atomic mass is 9.78. The van der Waals surface area contributed by atoms with Crippen LogP contribution < -0.4 is 0 Å². The molecular formula is C13H13ClF2N2. The van der Waals surface area contributed by atoms with Crippen LogP contribution in [0.5, 0.6) is 0 Å². The van der Waals surface area contributed by atoms with Gasteiger partial charge in [-0.15, -0.1) is 11.6 Å². The number of hydrogen-bond acceptors (Lipinski definition) is 1. The Morgan fingerprint density at radius 1 is 1.39 bits per heavy atom. The molecule has 0 aliphatic heterocycles. The molecule has 0 amide bonds. The standard InChI is InChI=1S/C13H13ClF2N2/c1-13(3-2-4-13)18-10-6-8(15)5-9(16)12(10)17-11(18)7-14/h5-6H,2-4,7H2,1H3. The highest BCUT2D eigenvalue weighted by Gasteiger charge is 2.37. The molecule has 5 heteroatoms. The van der Waals surface area contributed by atoms with E-state index in [0.717, 1.165) is 25.3 Å². The number of hydrogen-bond donors (Lipinski definition) is 0. The summed E-state index contributed by atoms with van der Waals surface area (Å²) in [5, 5.41) is 0. The summed E-state index contributed by atoms with van der Waals surface area (Å²) in [6.07, 6.45) is 3.09. The van der Waals surface area contributed by atoms with Crippen LogP contribution in [0.25, 0.3) is 11.0 Å². The third-order valence-corrected chi connectivity index (χ3v) is 4.08. The van der Waals surface area contributed by atoms with Gasteiger partial charge in [-0.25, -0.2) is 13.8 Å². The minimum atomic E-state index is -0.627. The van der Waals surface area contributed by atoms with E-state index in [4.69, 9.17) is 11.6 Å². The summed E-state index contributed by atoms with van der Waals surface area (Å²) in [4.78, 5) is 4.21. The van der Waals surface area contributed by atoms with Crippen molar-refractivity contribution in [2.45, 2.75) is 37.6 Å². The van der Waals surface area contributed by atoms with Gasteiger partial charge in [-0.2, -0.15) is 0 Å². The van der Waals surface area contributed by atoms with Crippen molar-refractivity contribution in [1.82, 2.24) is 9.55 Å². The molecule has 2 aromatic rings. The molecule has 96 valence electrons. The first-order valence-electron chi connectivity index (χ1n) is 5.98. The van der Waals surface area contributed by atoms with Crippen LogP contribution in [-0.2, 0) is 11.4 Å².